The number of hydrogen-bond donors (Lipinski definition) is 2. The molecule has 5 aliphatic rings. The fourth-order valence-electron chi connectivity index (χ4n) is 13.2. The Labute approximate surface area is 286 Å². The van der Waals surface area contributed by atoms with E-state index in [9.17, 15) is 9.90 Å². The average molecular weight is 644 g/mol. The number of carbonyl (C=O) groups excluding carboxylic acids is 1. The number of rotatable bonds is 7. The molecule has 0 saturated heterocycles. The van der Waals surface area contributed by atoms with E-state index in [2.05, 4.69) is 71.6 Å². The van der Waals surface area contributed by atoms with E-state index in [1.807, 2.05) is 32.9 Å². The maximum atomic E-state index is 12.7. The van der Waals surface area contributed by atoms with Crippen molar-refractivity contribution in [2.75, 3.05) is 19.7 Å². The van der Waals surface area contributed by atoms with Crippen LogP contribution in [0.5, 0.6) is 0 Å². The van der Waals surface area contributed by atoms with Crippen LogP contribution >= 0.6 is 0 Å². The lowest BCUT2D eigenvalue weighted by atomic mass is 9.32. The molecule has 0 aromatic heterocycles. The number of aliphatic hydroxyl groups excluding tert-OH is 1. The first-order valence-electron chi connectivity index (χ1n) is 18.9. The van der Waals surface area contributed by atoms with E-state index in [0.29, 0.717) is 52.0 Å². The number of benzene rings is 1. The number of ether oxygens (including phenoxy) is 1. The highest BCUT2D eigenvalue weighted by molar-refractivity contribution is 5.90. The Balaban J connectivity index is 1.29. The number of fused-ring (bicyclic) bond motifs is 7. The van der Waals surface area contributed by atoms with Gasteiger partial charge in [0.1, 0.15) is 5.60 Å². The van der Waals surface area contributed by atoms with Gasteiger partial charge in [-0.25, -0.2) is 4.79 Å². The third-order valence-electron chi connectivity index (χ3n) is 15.4. The van der Waals surface area contributed by atoms with E-state index >= 15 is 0 Å². The maximum Gasteiger partial charge on any atom is 0.338 e. The van der Waals surface area contributed by atoms with Crippen LogP contribution in [0.25, 0.3) is 5.57 Å². The summed E-state index contributed by atoms with van der Waals surface area (Å²) in [6.07, 6.45) is 14.2. The number of aliphatic hydroxyl groups is 1. The van der Waals surface area contributed by atoms with Crippen LogP contribution in [0.2, 0.25) is 0 Å². The van der Waals surface area contributed by atoms with Crippen LogP contribution in [-0.2, 0) is 4.74 Å². The summed E-state index contributed by atoms with van der Waals surface area (Å²) in [4.78, 5) is 12.7. The van der Waals surface area contributed by atoms with E-state index in [1.165, 1.54) is 68.1 Å². The summed E-state index contributed by atoms with van der Waals surface area (Å²) in [6, 6.07) is 8.21. The van der Waals surface area contributed by atoms with Gasteiger partial charge in [0.05, 0.1) is 12.2 Å². The van der Waals surface area contributed by atoms with Gasteiger partial charge < -0.3 is 15.2 Å². The molecule has 2 N–H and O–H groups in total. The van der Waals surface area contributed by atoms with Crippen LogP contribution in [0.3, 0.4) is 0 Å². The van der Waals surface area contributed by atoms with Crippen LogP contribution in [-0.4, -0.2) is 36.4 Å². The van der Waals surface area contributed by atoms with Gasteiger partial charge in [-0.15, -0.1) is 0 Å². The molecule has 47 heavy (non-hydrogen) atoms. The lowest BCUT2D eigenvalue weighted by Gasteiger charge is -2.72. The smallest absolute Gasteiger partial charge is 0.338 e. The quantitative estimate of drug-likeness (QED) is 0.176. The third kappa shape index (κ3) is 5.42. The number of hydrogen-bond acceptors (Lipinski definition) is 4. The zero-order valence-corrected chi connectivity index (χ0v) is 31.2. The molecule has 4 heteroatoms. The van der Waals surface area contributed by atoms with E-state index in [4.69, 9.17) is 4.74 Å². The topological polar surface area (TPSA) is 58.6 Å². The zero-order chi connectivity index (χ0) is 34.2. The molecule has 0 spiro atoms. The second kappa shape index (κ2) is 11.9. The lowest BCUT2D eigenvalue weighted by molar-refractivity contribution is -0.225. The molecule has 0 heterocycles. The van der Waals surface area contributed by atoms with E-state index in [1.54, 1.807) is 0 Å². The minimum Gasteiger partial charge on any atom is -0.456 e. The molecule has 0 amide bonds. The monoisotopic (exact) mass is 643 g/mol. The van der Waals surface area contributed by atoms with E-state index in [0.717, 1.165) is 18.9 Å². The van der Waals surface area contributed by atoms with Gasteiger partial charge in [-0.05, 0) is 165 Å². The summed E-state index contributed by atoms with van der Waals surface area (Å²) in [7, 11) is 0. The molecule has 0 aliphatic heterocycles. The molecule has 4 nitrogen and oxygen atoms in total. The molecule has 6 rings (SSSR count). The number of nitrogens with one attached hydrogen (secondary N) is 1. The van der Waals surface area contributed by atoms with Gasteiger partial charge in [0.2, 0.25) is 0 Å². The number of esters is 1. The predicted octanol–water partition coefficient (Wildman–Crippen LogP) is 9.87. The molecule has 4 fully saturated rings. The van der Waals surface area contributed by atoms with Crippen molar-refractivity contribution in [3.8, 4) is 0 Å². The Hall–Kier alpha value is -1.91. The van der Waals surface area contributed by atoms with Gasteiger partial charge in [-0.1, -0.05) is 65.0 Å². The molecule has 9 unspecified atom stereocenters. The van der Waals surface area contributed by atoms with Gasteiger partial charge in [0.15, 0.2) is 0 Å². The molecular formula is C43H65NO3. The maximum absolute atomic E-state index is 12.7. The summed E-state index contributed by atoms with van der Waals surface area (Å²) in [5, 5.41) is 13.2. The first kappa shape index (κ1) is 34.9. The van der Waals surface area contributed by atoms with Gasteiger partial charge >= 0.3 is 5.97 Å². The Bertz CT molecular complexity index is 1400. The zero-order valence-electron chi connectivity index (χ0n) is 31.2. The standard InChI is InChI=1S/C43H65NO3/c1-28(2)31-17-22-43(27-44-25-26-45)24-23-41(9)33(36(31)43)15-16-35-40(8)20-18-32(39(6,7)34(40)19-21-42(35,41)10)29-11-13-30(14-12-29)37(46)47-38(3,4)5/h11-14,18,31,33-36,44-45H,1,15-17,19-27H2,2-10H3. The second-order valence-corrected chi connectivity index (χ2v) is 19.1. The summed E-state index contributed by atoms with van der Waals surface area (Å²) in [6.45, 7) is 27.7. The molecule has 0 bridgehead atoms. The summed E-state index contributed by atoms with van der Waals surface area (Å²) in [5.74, 6) is 3.15. The SMILES string of the molecule is C=C(C)C1CCC2(CNCCO)CCC3(C)C(CCC4C5(C)CC=C(c6ccc(C(=O)OC(C)(C)C)cc6)C(C)(C)C5CCC43C)C12. The van der Waals surface area contributed by atoms with Crippen molar-refractivity contribution in [1.82, 2.24) is 5.32 Å². The van der Waals surface area contributed by atoms with E-state index < -0.39 is 5.60 Å². The fourth-order valence-corrected chi connectivity index (χ4v) is 13.2. The molecule has 5 aliphatic carbocycles. The average Bonchev–Trinajstić information content (AvgIpc) is 3.37. The van der Waals surface area contributed by atoms with Crippen molar-refractivity contribution < 1.29 is 14.6 Å². The van der Waals surface area contributed by atoms with Crippen molar-refractivity contribution in [2.45, 2.75) is 126 Å². The molecule has 1 aromatic carbocycles. The van der Waals surface area contributed by atoms with Crippen molar-refractivity contribution >= 4 is 11.5 Å². The first-order chi connectivity index (χ1) is 21.9. The van der Waals surface area contributed by atoms with Crippen LogP contribution in [0.15, 0.2) is 42.5 Å². The molecule has 0 radical (unpaired) electrons. The second-order valence-electron chi connectivity index (χ2n) is 19.1. The lowest BCUT2D eigenvalue weighted by Crippen LogP contribution is -2.65. The molecule has 4 saturated carbocycles. The molecule has 9 atom stereocenters. The highest BCUT2D eigenvalue weighted by atomic mass is 16.6. The van der Waals surface area contributed by atoms with Gasteiger partial charge in [-0.3, -0.25) is 0 Å². The molecular weight excluding hydrogens is 578 g/mol. The van der Waals surface area contributed by atoms with Crippen molar-refractivity contribution in [3.63, 3.8) is 0 Å². The highest BCUT2D eigenvalue weighted by Crippen LogP contribution is 2.77. The summed E-state index contributed by atoms with van der Waals surface area (Å²) in [5.41, 5.74) is 5.55. The largest absolute Gasteiger partial charge is 0.456 e. The third-order valence-corrected chi connectivity index (χ3v) is 15.4. The Morgan fingerprint density at radius 3 is 2.28 bits per heavy atom. The highest BCUT2D eigenvalue weighted by Gasteiger charge is 2.70. The van der Waals surface area contributed by atoms with Gasteiger partial charge in [0.25, 0.3) is 0 Å². The predicted molar refractivity (Wildman–Crippen MR) is 194 cm³/mol. The normalized spacial score (nSPS) is 40.7. The Morgan fingerprint density at radius 2 is 1.64 bits per heavy atom. The van der Waals surface area contributed by atoms with E-state index in [-0.39, 0.29) is 23.4 Å². The fraction of sp³-hybridized carbons (Fsp3) is 0.744. The van der Waals surface area contributed by atoms with Gasteiger partial charge in [-0.2, -0.15) is 0 Å². The number of allylic oxidation sites excluding steroid dienone is 3. The molecule has 260 valence electrons. The van der Waals surface area contributed by atoms with Gasteiger partial charge in [0, 0.05) is 13.1 Å². The van der Waals surface area contributed by atoms with Crippen LogP contribution in [0.4, 0.5) is 0 Å². The van der Waals surface area contributed by atoms with Crippen LogP contribution in [0, 0.1) is 56.7 Å². The Kier molecular flexibility index (Phi) is 8.81. The first-order valence-corrected chi connectivity index (χ1v) is 18.9. The minimum atomic E-state index is -0.499. The minimum absolute atomic E-state index is 0.0517. The van der Waals surface area contributed by atoms with Crippen LogP contribution < -0.4 is 5.32 Å². The van der Waals surface area contributed by atoms with Crippen molar-refractivity contribution in [3.05, 3.63) is 53.6 Å². The van der Waals surface area contributed by atoms with Crippen LogP contribution in [0.1, 0.15) is 136 Å². The Morgan fingerprint density at radius 1 is 0.936 bits per heavy atom. The van der Waals surface area contributed by atoms with Crippen molar-refractivity contribution in [2.24, 2.45) is 56.7 Å². The van der Waals surface area contributed by atoms with Crippen molar-refractivity contribution in [1.29, 1.82) is 0 Å². The number of carbonyl (C=O) groups is 1. The summed E-state index contributed by atoms with van der Waals surface area (Å²) < 4.78 is 5.64. The molecule has 1 aromatic rings. The summed E-state index contributed by atoms with van der Waals surface area (Å²) >= 11 is 0.